The lowest BCUT2D eigenvalue weighted by Crippen LogP contribution is -2.51. The Morgan fingerprint density at radius 3 is 2.55 bits per heavy atom. The van der Waals surface area contributed by atoms with Crippen molar-refractivity contribution in [3.05, 3.63) is 0 Å². The van der Waals surface area contributed by atoms with Crippen LogP contribution in [0.1, 0.15) is 58.8 Å². The average molecular weight is 281 g/mol. The van der Waals surface area contributed by atoms with Gasteiger partial charge in [-0.2, -0.15) is 0 Å². The van der Waals surface area contributed by atoms with Crippen molar-refractivity contribution >= 4 is 5.91 Å². The predicted octanol–water partition coefficient (Wildman–Crippen LogP) is 1.88. The van der Waals surface area contributed by atoms with E-state index >= 15 is 0 Å². The highest BCUT2D eigenvalue weighted by atomic mass is 16.2. The van der Waals surface area contributed by atoms with Crippen LogP contribution in [-0.2, 0) is 4.79 Å². The first-order valence-corrected chi connectivity index (χ1v) is 8.42. The Bertz CT molecular complexity index is 326. The van der Waals surface area contributed by atoms with Gasteiger partial charge in [-0.25, -0.2) is 0 Å². The van der Waals surface area contributed by atoms with Gasteiger partial charge in [0.15, 0.2) is 0 Å². The van der Waals surface area contributed by atoms with Gasteiger partial charge in [0.1, 0.15) is 0 Å². The summed E-state index contributed by atoms with van der Waals surface area (Å²) in [7, 11) is 0. The maximum Gasteiger partial charge on any atom is 0.227 e. The Kier molecular flexibility index (Phi) is 5.44. The highest BCUT2D eigenvalue weighted by molar-refractivity contribution is 5.83. The van der Waals surface area contributed by atoms with Gasteiger partial charge >= 0.3 is 0 Å². The number of nitrogens with two attached hydrogens (primary N) is 1. The van der Waals surface area contributed by atoms with E-state index in [9.17, 15) is 4.79 Å². The van der Waals surface area contributed by atoms with Gasteiger partial charge in [0, 0.05) is 25.2 Å². The molecule has 116 valence electrons. The van der Waals surface area contributed by atoms with E-state index in [0.717, 1.165) is 38.6 Å². The van der Waals surface area contributed by atoms with Crippen molar-refractivity contribution in [2.75, 3.05) is 19.6 Å². The molecule has 3 N–H and O–H groups in total. The van der Waals surface area contributed by atoms with E-state index in [0.29, 0.717) is 18.6 Å². The van der Waals surface area contributed by atoms with Crippen LogP contribution in [0, 0.1) is 5.41 Å². The third kappa shape index (κ3) is 3.01. The molecule has 0 aromatic carbocycles. The molecule has 4 heteroatoms. The fourth-order valence-electron chi connectivity index (χ4n) is 4.18. The van der Waals surface area contributed by atoms with E-state index in [1.165, 1.54) is 19.4 Å². The molecule has 1 amide bonds. The Hall–Kier alpha value is -0.610. The molecule has 0 spiro atoms. The number of nitrogens with zero attached hydrogens (tertiary/aromatic N) is 1. The van der Waals surface area contributed by atoms with Crippen LogP contribution in [0.2, 0.25) is 0 Å². The summed E-state index contributed by atoms with van der Waals surface area (Å²) in [5.41, 5.74) is 5.65. The molecule has 2 saturated heterocycles. The van der Waals surface area contributed by atoms with Gasteiger partial charge in [0.25, 0.3) is 0 Å². The van der Waals surface area contributed by atoms with Crippen LogP contribution in [0.5, 0.6) is 0 Å². The second-order valence-corrected chi connectivity index (χ2v) is 6.60. The molecule has 0 bridgehead atoms. The summed E-state index contributed by atoms with van der Waals surface area (Å²) in [6.07, 6.45) is 7.48. The number of nitrogens with one attached hydrogen (secondary N) is 1. The van der Waals surface area contributed by atoms with Crippen molar-refractivity contribution in [3.8, 4) is 0 Å². The predicted molar refractivity (Wildman–Crippen MR) is 82.4 cm³/mol. The lowest BCUT2D eigenvalue weighted by atomic mass is 9.78. The molecule has 2 fully saturated rings. The number of amides is 1. The average Bonchev–Trinajstić information content (AvgIpc) is 3.03. The first-order valence-electron chi connectivity index (χ1n) is 8.42. The van der Waals surface area contributed by atoms with E-state index in [4.69, 9.17) is 5.73 Å². The smallest absolute Gasteiger partial charge is 0.227 e. The van der Waals surface area contributed by atoms with Crippen LogP contribution in [0.15, 0.2) is 0 Å². The van der Waals surface area contributed by atoms with E-state index in [1.54, 1.807) is 0 Å². The summed E-state index contributed by atoms with van der Waals surface area (Å²) in [6, 6.07) is 0.933. The molecule has 0 aliphatic carbocycles. The van der Waals surface area contributed by atoms with Crippen molar-refractivity contribution in [2.24, 2.45) is 11.1 Å². The summed E-state index contributed by atoms with van der Waals surface area (Å²) in [5.74, 6) is 0.211. The van der Waals surface area contributed by atoms with Crippen LogP contribution in [0.25, 0.3) is 0 Å². The first kappa shape index (κ1) is 15.8. The molecule has 2 aliphatic rings. The molecule has 4 nitrogen and oxygen atoms in total. The standard InChI is InChI=1S/C16H31N3O/c1-3-8-16(12-17,9-4-2)15(20)18-13-7-11-19-10-5-6-14(13)19/h13-14H,3-12,17H2,1-2H3,(H,18,20). The molecule has 20 heavy (non-hydrogen) atoms. The monoisotopic (exact) mass is 281 g/mol. The maximum absolute atomic E-state index is 12.8. The largest absolute Gasteiger partial charge is 0.351 e. The quantitative estimate of drug-likeness (QED) is 0.749. The highest BCUT2D eigenvalue weighted by Crippen LogP contribution is 2.32. The van der Waals surface area contributed by atoms with Gasteiger partial charge < -0.3 is 11.1 Å². The Morgan fingerprint density at radius 1 is 1.25 bits per heavy atom. The summed E-state index contributed by atoms with van der Waals surface area (Å²) in [5, 5.41) is 3.35. The molecule has 2 aliphatic heterocycles. The number of carbonyl (C=O) groups is 1. The van der Waals surface area contributed by atoms with Crippen LogP contribution in [0.3, 0.4) is 0 Å². The van der Waals surface area contributed by atoms with Crippen LogP contribution in [-0.4, -0.2) is 42.5 Å². The third-order valence-corrected chi connectivity index (χ3v) is 5.25. The fraction of sp³-hybridized carbons (Fsp3) is 0.938. The summed E-state index contributed by atoms with van der Waals surface area (Å²) in [6.45, 7) is 7.11. The maximum atomic E-state index is 12.8. The number of carbonyl (C=O) groups excluding carboxylic acids is 1. The number of hydrogen-bond donors (Lipinski definition) is 2. The van der Waals surface area contributed by atoms with E-state index in [-0.39, 0.29) is 11.3 Å². The van der Waals surface area contributed by atoms with Gasteiger partial charge in [-0.1, -0.05) is 26.7 Å². The molecule has 0 aromatic heterocycles. The highest BCUT2D eigenvalue weighted by Gasteiger charge is 2.41. The van der Waals surface area contributed by atoms with Gasteiger partial charge in [-0.05, 0) is 38.6 Å². The Labute approximate surface area is 123 Å². The second kappa shape index (κ2) is 6.90. The minimum absolute atomic E-state index is 0.211. The summed E-state index contributed by atoms with van der Waals surface area (Å²) < 4.78 is 0. The summed E-state index contributed by atoms with van der Waals surface area (Å²) in [4.78, 5) is 15.3. The molecular weight excluding hydrogens is 250 g/mol. The Balaban J connectivity index is 2.00. The van der Waals surface area contributed by atoms with E-state index < -0.39 is 0 Å². The zero-order valence-electron chi connectivity index (χ0n) is 13.2. The zero-order valence-corrected chi connectivity index (χ0v) is 13.2. The molecule has 0 radical (unpaired) electrons. The van der Waals surface area contributed by atoms with Crippen LogP contribution in [0.4, 0.5) is 0 Å². The van der Waals surface area contributed by atoms with Gasteiger partial charge in [-0.3, -0.25) is 9.69 Å². The zero-order chi connectivity index (χ0) is 14.6. The second-order valence-electron chi connectivity index (χ2n) is 6.60. The van der Waals surface area contributed by atoms with Crippen molar-refractivity contribution in [1.29, 1.82) is 0 Å². The van der Waals surface area contributed by atoms with E-state index in [1.807, 2.05) is 0 Å². The Morgan fingerprint density at radius 2 is 1.95 bits per heavy atom. The number of rotatable bonds is 7. The molecule has 0 saturated carbocycles. The third-order valence-electron chi connectivity index (χ3n) is 5.25. The molecular formula is C16H31N3O. The number of hydrogen-bond acceptors (Lipinski definition) is 3. The normalized spacial score (nSPS) is 26.8. The minimum atomic E-state index is -0.338. The van der Waals surface area contributed by atoms with Gasteiger partial charge in [0.05, 0.1) is 5.41 Å². The van der Waals surface area contributed by atoms with Crippen molar-refractivity contribution in [1.82, 2.24) is 10.2 Å². The van der Waals surface area contributed by atoms with Crippen LogP contribution < -0.4 is 11.1 Å². The van der Waals surface area contributed by atoms with Crippen LogP contribution >= 0.6 is 0 Å². The molecule has 0 aromatic rings. The van der Waals surface area contributed by atoms with Crippen molar-refractivity contribution < 1.29 is 4.79 Å². The van der Waals surface area contributed by atoms with Gasteiger partial charge in [-0.15, -0.1) is 0 Å². The lowest BCUT2D eigenvalue weighted by molar-refractivity contribution is -0.132. The lowest BCUT2D eigenvalue weighted by Gasteiger charge is -2.33. The number of fused-ring (bicyclic) bond motifs is 1. The summed E-state index contributed by atoms with van der Waals surface area (Å²) >= 11 is 0. The molecule has 2 unspecified atom stereocenters. The first-order chi connectivity index (χ1) is 9.66. The fourth-order valence-corrected chi connectivity index (χ4v) is 4.18. The molecule has 2 atom stereocenters. The SMILES string of the molecule is CCCC(CN)(CCC)C(=O)NC1CCN2CCCC12. The van der Waals surface area contributed by atoms with E-state index in [2.05, 4.69) is 24.1 Å². The molecule has 2 rings (SSSR count). The van der Waals surface area contributed by atoms with Crippen molar-refractivity contribution in [3.63, 3.8) is 0 Å². The van der Waals surface area contributed by atoms with Gasteiger partial charge in [0.2, 0.25) is 5.91 Å². The minimum Gasteiger partial charge on any atom is -0.351 e. The topological polar surface area (TPSA) is 58.4 Å². The molecule has 2 heterocycles. The van der Waals surface area contributed by atoms with Crippen molar-refractivity contribution in [2.45, 2.75) is 70.9 Å².